The number of Topliss-reactive ketones (excluding diaryl/α,β-unsaturated/α-hetero) is 1. The highest BCUT2D eigenvalue weighted by molar-refractivity contribution is 7.90. The van der Waals surface area contributed by atoms with Gasteiger partial charge in [0, 0.05) is 23.9 Å². The number of hydrogen-bond donors (Lipinski definition) is 1. The van der Waals surface area contributed by atoms with E-state index in [9.17, 15) is 35.6 Å². The number of sulfone groups is 1. The molecule has 0 fully saturated rings. The van der Waals surface area contributed by atoms with Gasteiger partial charge in [0.05, 0.1) is 16.3 Å². The Morgan fingerprint density at radius 3 is 2.26 bits per heavy atom. The standard InChI is InChI=1S/C23H24ClF4NO4S/c1-13(12-34(4,32)33)10-19(30)20-16(6-5-7-17(20)24)21(31)29-18-9-8-15(11-14(18)2)22(3,25)23(26,27)28/h5-9,11,13H,10,12H2,1-4H3,(H,29,31)/t13-,22?/m1/s1. The number of halogens is 5. The summed E-state index contributed by atoms with van der Waals surface area (Å²) in [6.07, 6.45) is -4.23. The maximum Gasteiger partial charge on any atom is 0.426 e. The summed E-state index contributed by atoms with van der Waals surface area (Å²) in [5, 5.41) is 2.50. The number of aryl methyl sites for hydroxylation is 1. The summed E-state index contributed by atoms with van der Waals surface area (Å²) in [6.45, 7) is 3.40. The molecular formula is C23H24ClF4NO4S. The van der Waals surface area contributed by atoms with Crippen molar-refractivity contribution in [3.8, 4) is 0 Å². The molecule has 34 heavy (non-hydrogen) atoms. The van der Waals surface area contributed by atoms with Gasteiger partial charge >= 0.3 is 6.18 Å². The summed E-state index contributed by atoms with van der Waals surface area (Å²) in [5.74, 6) is -2.02. The van der Waals surface area contributed by atoms with Crippen molar-refractivity contribution in [2.45, 2.75) is 39.0 Å². The third-order valence-electron chi connectivity index (χ3n) is 5.21. The summed E-state index contributed by atoms with van der Waals surface area (Å²) in [4.78, 5) is 25.8. The van der Waals surface area contributed by atoms with E-state index in [2.05, 4.69) is 5.32 Å². The minimum absolute atomic E-state index is 0.00496. The van der Waals surface area contributed by atoms with E-state index in [4.69, 9.17) is 11.6 Å². The molecule has 0 saturated heterocycles. The summed E-state index contributed by atoms with van der Waals surface area (Å²) in [5.41, 5.74) is -4.07. The largest absolute Gasteiger partial charge is 0.426 e. The van der Waals surface area contributed by atoms with Crippen LogP contribution in [0.5, 0.6) is 0 Å². The minimum atomic E-state index is -5.12. The molecule has 0 heterocycles. The van der Waals surface area contributed by atoms with Crippen molar-refractivity contribution in [1.29, 1.82) is 0 Å². The molecule has 0 aliphatic rings. The zero-order valence-corrected chi connectivity index (χ0v) is 20.5. The first kappa shape index (κ1) is 27.8. The SMILES string of the molecule is Cc1cc(C(C)(F)C(F)(F)F)ccc1NC(=O)c1cccc(Cl)c1C(=O)C[C@@H](C)CS(C)(=O)=O. The van der Waals surface area contributed by atoms with Gasteiger partial charge in [0.2, 0.25) is 5.67 Å². The maximum absolute atomic E-state index is 14.3. The monoisotopic (exact) mass is 521 g/mol. The van der Waals surface area contributed by atoms with Crippen LogP contribution in [-0.2, 0) is 15.5 Å². The number of amides is 1. The van der Waals surface area contributed by atoms with Crippen molar-refractivity contribution in [3.05, 3.63) is 63.7 Å². The molecule has 2 rings (SSSR count). The van der Waals surface area contributed by atoms with Crippen molar-refractivity contribution in [2.75, 3.05) is 17.3 Å². The smallest absolute Gasteiger partial charge is 0.322 e. The van der Waals surface area contributed by atoms with E-state index in [-0.39, 0.29) is 39.6 Å². The second kappa shape index (κ2) is 10.0. The van der Waals surface area contributed by atoms with Crippen molar-refractivity contribution < 1.29 is 35.6 Å². The van der Waals surface area contributed by atoms with Crippen LogP contribution in [0.25, 0.3) is 0 Å². The molecule has 0 saturated carbocycles. The predicted octanol–water partition coefficient (Wildman–Crippen LogP) is 5.90. The first-order chi connectivity index (χ1) is 15.4. The number of carbonyl (C=O) groups is 2. The van der Waals surface area contributed by atoms with Crippen LogP contribution >= 0.6 is 11.6 Å². The summed E-state index contributed by atoms with van der Waals surface area (Å²) in [6, 6.07) is 7.26. The topological polar surface area (TPSA) is 80.3 Å². The van der Waals surface area contributed by atoms with Crippen LogP contribution in [0.3, 0.4) is 0 Å². The molecule has 11 heteroatoms. The summed E-state index contributed by atoms with van der Waals surface area (Å²) < 4.78 is 76.2. The first-order valence-electron chi connectivity index (χ1n) is 10.1. The van der Waals surface area contributed by atoms with Gasteiger partial charge in [0.15, 0.2) is 5.78 Å². The molecule has 186 valence electrons. The Labute approximate surface area is 200 Å². The molecular weight excluding hydrogens is 498 g/mol. The molecule has 0 radical (unpaired) electrons. The lowest BCUT2D eigenvalue weighted by molar-refractivity contribution is -0.228. The van der Waals surface area contributed by atoms with Crippen molar-refractivity contribution >= 4 is 38.8 Å². The normalized spacial score (nSPS) is 14.9. The van der Waals surface area contributed by atoms with Crippen molar-refractivity contribution in [3.63, 3.8) is 0 Å². The number of nitrogens with one attached hydrogen (secondary N) is 1. The highest BCUT2D eigenvalue weighted by atomic mass is 35.5. The number of carbonyl (C=O) groups excluding carboxylic acids is 2. The average molecular weight is 522 g/mol. The zero-order valence-electron chi connectivity index (χ0n) is 18.9. The van der Waals surface area contributed by atoms with Gasteiger partial charge in [0.1, 0.15) is 9.84 Å². The molecule has 5 nitrogen and oxygen atoms in total. The third kappa shape index (κ3) is 6.56. The molecule has 0 aromatic heterocycles. The van der Waals surface area contributed by atoms with Crippen LogP contribution in [0.15, 0.2) is 36.4 Å². The molecule has 2 aromatic carbocycles. The van der Waals surface area contributed by atoms with E-state index in [1.807, 2.05) is 0 Å². The van der Waals surface area contributed by atoms with E-state index >= 15 is 0 Å². The molecule has 0 bridgehead atoms. The van der Waals surface area contributed by atoms with E-state index in [0.29, 0.717) is 6.92 Å². The minimum Gasteiger partial charge on any atom is -0.322 e. The van der Waals surface area contributed by atoms with Gasteiger partial charge < -0.3 is 5.32 Å². The fourth-order valence-corrected chi connectivity index (χ4v) is 4.87. The first-order valence-corrected chi connectivity index (χ1v) is 12.6. The maximum atomic E-state index is 14.3. The van der Waals surface area contributed by atoms with Gasteiger partial charge in [-0.1, -0.05) is 36.7 Å². The number of anilines is 1. The Kier molecular flexibility index (Phi) is 8.20. The Hall–Kier alpha value is -2.46. The van der Waals surface area contributed by atoms with Crippen LogP contribution in [0.2, 0.25) is 5.02 Å². The lowest BCUT2D eigenvalue weighted by atomic mass is 9.94. The number of hydrogen-bond acceptors (Lipinski definition) is 4. The lowest BCUT2D eigenvalue weighted by Gasteiger charge is -2.25. The second-order valence-electron chi connectivity index (χ2n) is 8.47. The van der Waals surface area contributed by atoms with Crippen LogP contribution in [-0.4, -0.2) is 38.3 Å². The Morgan fingerprint density at radius 1 is 1.12 bits per heavy atom. The average Bonchev–Trinajstić information content (AvgIpc) is 2.66. The number of rotatable bonds is 8. The fourth-order valence-electron chi connectivity index (χ4n) is 3.44. The third-order valence-corrected chi connectivity index (χ3v) is 6.70. The van der Waals surface area contributed by atoms with E-state index < -0.39 is 44.9 Å². The molecule has 2 atom stereocenters. The lowest BCUT2D eigenvalue weighted by Crippen LogP contribution is -2.35. The molecule has 1 unspecified atom stereocenters. The highest BCUT2D eigenvalue weighted by Crippen LogP contribution is 2.42. The summed E-state index contributed by atoms with van der Waals surface area (Å²) in [7, 11) is -3.32. The van der Waals surface area contributed by atoms with Gasteiger partial charge in [-0.2, -0.15) is 13.2 Å². The van der Waals surface area contributed by atoms with Crippen molar-refractivity contribution in [1.82, 2.24) is 0 Å². The zero-order chi connectivity index (χ0) is 26.1. The molecule has 0 aliphatic heterocycles. The van der Waals surface area contributed by atoms with Crippen LogP contribution in [0.4, 0.5) is 23.2 Å². The molecule has 1 amide bonds. The van der Waals surface area contributed by atoms with E-state index in [1.54, 1.807) is 6.92 Å². The molecule has 0 spiro atoms. The van der Waals surface area contributed by atoms with Gasteiger partial charge in [-0.05, 0) is 49.1 Å². The fraction of sp³-hybridized carbons (Fsp3) is 0.391. The quantitative estimate of drug-likeness (QED) is 0.346. The highest BCUT2D eigenvalue weighted by Gasteiger charge is 2.53. The second-order valence-corrected chi connectivity index (χ2v) is 11.1. The molecule has 0 aliphatic carbocycles. The molecule has 1 N–H and O–H groups in total. The van der Waals surface area contributed by atoms with Crippen molar-refractivity contribution in [2.24, 2.45) is 5.92 Å². The predicted molar refractivity (Wildman–Crippen MR) is 123 cm³/mol. The van der Waals surface area contributed by atoms with Gasteiger partial charge in [0.25, 0.3) is 5.91 Å². The Balaban J connectivity index is 2.33. The van der Waals surface area contributed by atoms with E-state index in [0.717, 1.165) is 24.5 Å². The number of alkyl halides is 4. The Morgan fingerprint density at radius 2 is 1.74 bits per heavy atom. The van der Waals surface area contributed by atoms with Crippen LogP contribution in [0, 0.1) is 12.8 Å². The van der Waals surface area contributed by atoms with Gasteiger partial charge in [-0.15, -0.1) is 0 Å². The summed E-state index contributed by atoms with van der Waals surface area (Å²) >= 11 is 6.17. The number of ketones is 1. The van der Waals surface area contributed by atoms with E-state index in [1.165, 1.54) is 25.1 Å². The van der Waals surface area contributed by atoms with Gasteiger partial charge in [-0.25, -0.2) is 12.8 Å². The molecule has 2 aromatic rings. The number of benzene rings is 2. The van der Waals surface area contributed by atoms with Crippen LogP contribution in [0.1, 0.15) is 52.1 Å². The Bertz CT molecular complexity index is 1210. The van der Waals surface area contributed by atoms with Gasteiger partial charge in [-0.3, -0.25) is 9.59 Å². The van der Waals surface area contributed by atoms with Crippen LogP contribution < -0.4 is 5.32 Å².